The summed E-state index contributed by atoms with van der Waals surface area (Å²) in [5.74, 6) is -0.357. The van der Waals surface area contributed by atoms with Crippen LogP contribution in [0.1, 0.15) is 55.2 Å². The average molecular weight is 1120 g/mol. The van der Waals surface area contributed by atoms with E-state index in [2.05, 4.69) is 24.6 Å². The lowest BCUT2D eigenvalue weighted by molar-refractivity contribution is -0.0435. The Hall–Kier alpha value is -5.88. The fourth-order valence-corrected chi connectivity index (χ4v) is 14.5. The van der Waals surface area contributed by atoms with E-state index in [1.54, 1.807) is 24.3 Å². The van der Waals surface area contributed by atoms with Crippen LogP contribution in [0.4, 0.5) is 35.9 Å². The van der Waals surface area contributed by atoms with Gasteiger partial charge in [0.25, 0.3) is 9.84 Å². The van der Waals surface area contributed by atoms with Crippen molar-refractivity contribution in [1.29, 1.82) is 0 Å². The first-order chi connectivity index (χ1) is 36.4. The van der Waals surface area contributed by atoms with Gasteiger partial charge in [-0.3, -0.25) is 4.67 Å². The quantitative estimate of drug-likeness (QED) is 0.0554. The second-order valence-corrected chi connectivity index (χ2v) is 25.2. The van der Waals surface area contributed by atoms with E-state index in [-0.39, 0.29) is 35.1 Å². The summed E-state index contributed by atoms with van der Waals surface area (Å²) in [5.41, 5.74) is 0.318. The van der Waals surface area contributed by atoms with Gasteiger partial charge in [0, 0.05) is 95.9 Å². The smallest absolute Gasteiger partial charge is 0.478 e. The van der Waals surface area contributed by atoms with E-state index in [0.29, 0.717) is 66.9 Å². The van der Waals surface area contributed by atoms with Crippen LogP contribution in [0.2, 0.25) is 5.02 Å². The van der Waals surface area contributed by atoms with Crippen molar-refractivity contribution < 1.29 is 45.7 Å². The highest BCUT2D eigenvalue weighted by atomic mass is 35.5. The van der Waals surface area contributed by atoms with Gasteiger partial charge in [-0.2, -0.15) is 13.2 Å². The van der Waals surface area contributed by atoms with Crippen molar-refractivity contribution in [3.63, 3.8) is 0 Å². The van der Waals surface area contributed by atoms with Gasteiger partial charge in [-0.05, 0) is 149 Å². The van der Waals surface area contributed by atoms with E-state index >= 15 is 0 Å². The summed E-state index contributed by atoms with van der Waals surface area (Å²) in [6.45, 7) is 10.8. The molecule has 2 saturated heterocycles. The number of thioether (sulfide) groups is 1. The SMILES string of the molecule is Cc1c(C(=O)O)c(-c2cccc(N3CCN(c4ccc(N5C=CO[P@]5(=O)c5ccc(NC(CCN6CCC(CO)CC6)CSc6ccccc6)c(S(=O)(=O)C(F)(F)F)c5)cc4)CC3)c2)c(-c2ccc(Cl)cc2)n1C(C)C. The summed E-state index contributed by atoms with van der Waals surface area (Å²) in [6, 6.07) is 35.1. The number of nitrogens with one attached hydrogen (secondary N) is 1. The number of carboxylic acid groups (broad SMARTS) is 1. The number of hydrogen-bond donors (Lipinski definition) is 3. The van der Waals surface area contributed by atoms with Crippen molar-refractivity contribution in [2.75, 3.05) is 78.0 Å². The second kappa shape index (κ2) is 23.0. The molecule has 2 atom stereocenters. The number of carboxylic acids is 1. The number of piperidine rings is 1. The molecule has 76 heavy (non-hydrogen) atoms. The molecule has 2 fully saturated rings. The van der Waals surface area contributed by atoms with E-state index in [9.17, 15) is 41.2 Å². The molecule has 1 unspecified atom stereocenters. The van der Waals surface area contributed by atoms with Crippen LogP contribution >= 0.6 is 30.9 Å². The van der Waals surface area contributed by atoms with Crippen molar-refractivity contribution in [2.45, 2.75) is 67.4 Å². The number of nitrogens with zero attached hydrogens (tertiary/aromatic N) is 5. The van der Waals surface area contributed by atoms with Gasteiger partial charge in [-0.25, -0.2) is 17.8 Å². The highest BCUT2D eigenvalue weighted by Crippen LogP contribution is 2.57. The highest BCUT2D eigenvalue weighted by Gasteiger charge is 2.49. The predicted octanol–water partition coefficient (Wildman–Crippen LogP) is 12.2. The minimum absolute atomic E-state index is 0.0221. The maximum Gasteiger partial charge on any atom is 0.501 e. The lowest BCUT2D eigenvalue weighted by Gasteiger charge is -2.37. The molecule has 0 bridgehead atoms. The number of piperazine rings is 1. The number of anilines is 4. The summed E-state index contributed by atoms with van der Waals surface area (Å²) in [5, 5.41) is 23.7. The summed E-state index contributed by atoms with van der Waals surface area (Å²) in [7, 11) is -10.2. The van der Waals surface area contributed by atoms with E-state index in [0.717, 1.165) is 65.1 Å². The van der Waals surface area contributed by atoms with Crippen LogP contribution in [0.15, 0.2) is 144 Å². The Morgan fingerprint density at radius 3 is 2.13 bits per heavy atom. The van der Waals surface area contributed by atoms with Gasteiger partial charge >= 0.3 is 19.0 Å². The molecule has 3 aliphatic rings. The maximum atomic E-state index is 14.9. The molecule has 9 rings (SSSR count). The first-order valence-corrected chi connectivity index (χ1v) is 29.7. The van der Waals surface area contributed by atoms with Crippen LogP contribution in [-0.4, -0.2) is 104 Å². The standard InChI is InChI=1S/C56H61ClF3N6O7PS2/c1-38(2)66-39(3)52(55(68)69)53(54(66)41-12-14-43(57)15-13-41)42-8-7-9-47(34-42)64-30-28-63(29-31-64)45-16-18-46(19-17-45)65-32-33-73-74(65,70)48-20-21-50(51(35-48)76(71,72)56(58,59)60)61-44(37-75-49-10-5-4-6-11-49)24-27-62-25-22-40(36-67)23-26-62/h4-21,32-35,38,40,44,61,67H,22-31,36-37H2,1-3H3,(H,68,69)/t44?,74-/m1/s1. The molecular weight excluding hydrogens is 1060 g/mol. The van der Waals surface area contributed by atoms with Crippen molar-refractivity contribution in [3.8, 4) is 22.4 Å². The van der Waals surface area contributed by atoms with Crippen LogP contribution in [0.25, 0.3) is 22.4 Å². The van der Waals surface area contributed by atoms with Crippen LogP contribution in [0.3, 0.4) is 0 Å². The lowest BCUT2D eigenvalue weighted by Crippen LogP contribution is -2.46. The minimum atomic E-state index is -5.96. The number of alkyl halides is 3. The second-order valence-electron chi connectivity index (χ2n) is 19.6. The number of aliphatic hydroxyl groups excluding tert-OH is 1. The largest absolute Gasteiger partial charge is 0.501 e. The molecule has 3 aliphatic heterocycles. The molecule has 20 heteroatoms. The zero-order chi connectivity index (χ0) is 53.9. The number of hydrogen-bond acceptors (Lipinski definition) is 11. The zero-order valence-electron chi connectivity index (χ0n) is 42.4. The molecular formula is C56H61ClF3N6O7PS2. The maximum absolute atomic E-state index is 14.9. The fourth-order valence-electron chi connectivity index (χ4n) is 10.4. The molecule has 0 saturated carbocycles. The van der Waals surface area contributed by atoms with Gasteiger partial charge in [0.05, 0.1) is 27.9 Å². The zero-order valence-corrected chi connectivity index (χ0v) is 45.6. The summed E-state index contributed by atoms with van der Waals surface area (Å²) < 4.78 is 94.5. The fraction of sp³-hybridized carbons (Fsp3) is 0.339. The Morgan fingerprint density at radius 1 is 0.842 bits per heavy atom. The van der Waals surface area contributed by atoms with Crippen molar-refractivity contribution in [3.05, 3.63) is 150 Å². The number of aromatic nitrogens is 1. The Labute approximate surface area is 451 Å². The molecule has 13 nitrogen and oxygen atoms in total. The number of sulfone groups is 1. The number of rotatable bonds is 18. The molecule has 0 spiro atoms. The molecule has 402 valence electrons. The highest BCUT2D eigenvalue weighted by molar-refractivity contribution is 7.99. The molecule has 5 aromatic carbocycles. The number of halogens is 4. The van der Waals surface area contributed by atoms with Crippen LogP contribution < -0.4 is 25.1 Å². The van der Waals surface area contributed by atoms with E-state index in [1.807, 2.05) is 99.6 Å². The van der Waals surface area contributed by atoms with Crippen LogP contribution in [-0.2, 0) is 18.9 Å². The molecule has 6 aromatic rings. The van der Waals surface area contributed by atoms with Crippen LogP contribution in [0, 0.1) is 12.8 Å². The van der Waals surface area contributed by atoms with Crippen molar-refractivity contribution in [2.24, 2.45) is 5.92 Å². The molecule has 0 aliphatic carbocycles. The number of likely N-dealkylation sites (tertiary alicyclic amines) is 1. The monoisotopic (exact) mass is 1120 g/mol. The topological polar surface area (TPSA) is 148 Å². The molecule has 3 N–H and O–H groups in total. The first-order valence-electron chi connectivity index (χ1n) is 25.3. The van der Waals surface area contributed by atoms with Crippen molar-refractivity contribution in [1.82, 2.24) is 9.47 Å². The Bertz CT molecular complexity index is 3220. The number of benzene rings is 5. The Morgan fingerprint density at radius 2 is 1.50 bits per heavy atom. The van der Waals surface area contributed by atoms with Gasteiger partial charge in [0.15, 0.2) is 0 Å². The molecule has 0 amide bonds. The van der Waals surface area contributed by atoms with Gasteiger partial charge in [0.2, 0.25) is 0 Å². The van der Waals surface area contributed by atoms with E-state index in [1.165, 1.54) is 41.0 Å². The number of aromatic carboxylic acids is 1. The van der Waals surface area contributed by atoms with E-state index in [4.69, 9.17) is 16.1 Å². The lowest BCUT2D eigenvalue weighted by atomic mass is 9.96. The summed E-state index contributed by atoms with van der Waals surface area (Å²) >= 11 is 7.77. The predicted molar refractivity (Wildman–Crippen MR) is 298 cm³/mol. The first kappa shape index (κ1) is 54.9. The van der Waals surface area contributed by atoms with Gasteiger partial charge in [0.1, 0.15) is 11.2 Å². The normalized spacial score (nSPS) is 18.1. The molecule has 1 aromatic heterocycles. The number of aliphatic hydroxyl groups is 1. The average Bonchev–Trinajstić information content (AvgIpc) is 4.10. The van der Waals surface area contributed by atoms with E-state index < -0.39 is 39.8 Å². The van der Waals surface area contributed by atoms with Gasteiger partial charge < -0.3 is 39.3 Å². The molecule has 4 heterocycles. The van der Waals surface area contributed by atoms with Gasteiger partial charge in [-0.15, -0.1) is 11.8 Å². The van der Waals surface area contributed by atoms with Gasteiger partial charge in [-0.1, -0.05) is 54.1 Å². The number of carbonyl (C=O) groups is 1. The summed E-state index contributed by atoms with van der Waals surface area (Å²) in [6.07, 6.45) is 4.77. The Kier molecular flexibility index (Phi) is 16.6. The van der Waals surface area contributed by atoms with Crippen LogP contribution in [0.5, 0.6) is 0 Å². The third-order valence-electron chi connectivity index (χ3n) is 14.4. The Balaban J connectivity index is 0.921. The van der Waals surface area contributed by atoms with Crippen molar-refractivity contribution >= 4 is 74.7 Å². The third kappa shape index (κ3) is 11.5. The third-order valence-corrected chi connectivity index (χ3v) is 19.7. The summed E-state index contributed by atoms with van der Waals surface area (Å²) in [4.78, 5) is 19.5. The minimum Gasteiger partial charge on any atom is -0.478 e. The molecule has 0 radical (unpaired) electrons.